The van der Waals surface area contributed by atoms with Crippen molar-refractivity contribution in [2.75, 3.05) is 5.32 Å². The van der Waals surface area contributed by atoms with Gasteiger partial charge >= 0.3 is 0 Å². The lowest BCUT2D eigenvalue weighted by molar-refractivity contribution is 0.102. The molecule has 3 nitrogen and oxygen atoms in total. The quantitative estimate of drug-likeness (QED) is 0.623. The number of hydrogen-bond donors (Lipinski definition) is 1. The maximum Gasteiger partial charge on any atom is 0.255 e. The lowest BCUT2D eigenvalue weighted by Crippen LogP contribution is -2.12. The molecule has 0 aromatic heterocycles. The molecule has 0 bridgehead atoms. The van der Waals surface area contributed by atoms with Crippen LogP contribution in [0.25, 0.3) is 0 Å². The highest BCUT2D eigenvalue weighted by Gasteiger charge is 2.12. The summed E-state index contributed by atoms with van der Waals surface area (Å²) in [5.74, 6) is 0.684. The largest absolute Gasteiger partial charge is 0.489 e. The van der Waals surface area contributed by atoms with Gasteiger partial charge in [-0.25, -0.2) is 0 Å². The number of carbonyl (C=O) groups is 1. The van der Waals surface area contributed by atoms with Crippen LogP contribution in [0.1, 0.15) is 33.5 Å². The zero-order chi connectivity index (χ0) is 18.6. The third kappa shape index (κ3) is 4.15. The Balaban J connectivity index is 1.43. The van der Waals surface area contributed by atoms with Gasteiger partial charge in [-0.1, -0.05) is 41.9 Å². The Labute approximate surface area is 163 Å². The Hall–Kier alpha value is -2.78. The standard InChI is InChI=1S/C23H20ClNO2/c24-21-9-1-2-10-22(21)25-23(26)19-8-3-5-16(13-19)15-27-20-12-11-17-6-4-7-18(17)14-20/h1-3,5,8-14H,4,6-7,15H2,(H,25,26). The normalized spacial score (nSPS) is 12.5. The topological polar surface area (TPSA) is 38.3 Å². The number of nitrogens with one attached hydrogen (secondary N) is 1. The second-order valence-electron chi connectivity index (χ2n) is 6.71. The molecule has 0 heterocycles. The molecule has 27 heavy (non-hydrogen) atoms. The maximum absolute atomic E-state index is 12.5. The van der Waals surface area contributed by atoms with Crippen LogP contribution in [0.3, 0.4) is 0 Å². The fourth-order valence-electron chi connectivity index (χ4n) is 3.36. The summed E-state index contributed by atoms with van der Waals surface area (Å²) in [4.78, 5) is 12.5. The first-order valence-electron chi connectivity index (χ1n) is 9.08. The highest BCUT2D eigenvalue weighted by atomic mass is 35.5. The SMILES string of the molecule is O=C(Nc1ccccc1Cl)c1cccc(COc2ccc3c(c2)CCC3)c1. The van der Waals surface area contributed by atoms with Gasteiger partial charge in [-0.05, 0) is 72.4 Å². The van der Waals surface area contributed by atoms with Crippen LogP contribution in [0, 0.1) is 0 Å². The van der Waals surface area contributed by atoms with Crippen molar-refractivity contribution in [3.8, 4) is 5.75 Å². The van der Waals surface area contributed by atoms with Gasteiger partial charge in [0.05, 0.1) is 10.7 Å². The molecule has 0 atom stereocenters. The molecular weight excluding hydrogens is 358 g/mol. The van der Waals surface area contributed by atoms with Gasteiger partial charge in [0.2, 0.25) is 0 Å². The van der Waals surface area contributed by atoms with E-state index in [9.17, 15) is 4.79 Å². The Bertz CT molecular complexity index is 984. The van der Waals surface area contributed by atoms with E-state index in [0.29, 0.717) is 22.9 Å². The lowest BCUT2D eigenvalue weighted by Gasteiger charge is -2.10. The van der Waals surface area contributed by atoms with Crippen LogP contribution < -0.4 is 10.1 Å². The molecule has 136 valence electrons. The fourth-order valence-corrected chi connectivity index (χ4v) is 3.55. The third-order valence-corrected chi connectivity index (χ3v) is 5.12. The molecule has 4 heteroatoms. The first-order chi connectivity index (χ1) is 13.2. The predicted molar refractivity (Wildman–Crippen MR) is 109 cm³/mol. The van der Waals surface area contributed by atoms with Crippen molar-refractivity contribution >= 4 is 23.2 Å². The van der Waals surface area contributed by atoms with E-state index in [-0.39, 0.29) is 5.91 Å². The molecule has 0 aliphatic heterocycles. The minimum Gasteiger partial charge on any atom is -0.489 e. The summed E-state index contributed by atoms with van der Waals surface area (Å²) < 4.78 is 5.94. The van der Waals surface area contributed by atoms with Crippen LogP contribution >= 0.6 is 11.6 Å². The molecule has 0 fully saturated rings. The van der Waals surface area contributed by atoms with Gasteiger partial charge in [0, 0.05) is 5.56 Å². The number of rotatable bonds is 5. The summed E-state index contributed by atoms with van der Waals surface area (Å²) in [6.45, 7) is 0.423. The van der Waals surface area contributed by atoms with E-state index in [0.717, 1.165) is 24.2 Å². The van der Waals surface area contributed by atoms with Gasteiger partial charge in [-0.2, -0.15) is 0 Å². The smallest absolute Gasteiger partial charge is 0.255 e. The zero-order valence-electron chi connectivity index (χ0n) is 14.9. The summed E-state index contributed by atoms with van der Waals surface area (Å²) in [5.41, 5.74) is 4.94. The highest BCUT2D eigenvalue weighted by Crippen LogP contribution is 2.26. The van der Waals surface area contributed by atoms with Crippen LogP contribution in [-0.2, 0) is 19.4 Å². The second-order valence-corrected chi connectivity index (χ2v) is 7.11. The molecule has 1 N–H and O–H groups in total. The van der Waals surface area contributed by atoms with Crippen molar-refractivity contribution in [2.45, 2.75) is 25.9 Å². The molecule has 4 rings (SSSR count). The number of hydrogen-bond acceptors (Lipinski definition) is 2. The molecule has 1 aliphatic rings. The average Bonchev–Trinajstić information content (AvgIpc) is 3.16. The van der Waals surface area contributed by atoms with Gasteiger partial charge in [0.1, 0.15) is 12.4 Å². The number of anilines is 1. The van der Waals surface area contributed by atoms with E-state index in [2.05, 4.69) is 17.4 Å². The van der Waals surface area contributed by atoms with E-state index in [1.165, 1.54) is 17.5 Å². The first-order valence-corrected chi connectivity index (χ1v) is 9.46. The van der Waals surface area contributed by atoms with Gasteiger partial charge in [0.25, 0.3) is 5.91 Å². The Morgan fingerprint density at radius 2 is 1.81 bits per heavy atom. The molecule has 0 saturated carbocycles. The zero-order valence-corrected chi connectivity index (χ0v) is 15.6. The third-order valence-electron chi connectivity index (χ3n) is 4.79. The minimum absolute atomic E-state index is 0.192. The molecule has 0 saturated heterocycles. The van der Waals surface area contributed by atoms with Crippen LogP contribution in [0.15, 0.2) is 66.7 Å². The minimum atomic E-state index is -0.192. The Morgan fingerprint density at radius 3 is 2.70 bits per heavy atom. The van der Waals surface area contributed by atoms with Crippen molar-refractivity contribution in [1.82, 2.24) is 0 Å². The highest BCUT2D eigenvalue weighted by molar-refractivity contribution is 6.33. The number of halogens is 1. The number of aryl methyl sites for hydroxylation is 2. The van der Waals surface area contributed by atoms with E-state index in [1.807, 2.05) is 36.4 Å². The molecule has 1 aliphatic carbocycles. The summed E-state index contributed by atoms with van der Waals surface area (Å²) in [7, 11) is 0. The van der Waals surface area contributed by atoms with E-state index < -0.39 is 0 Å². The molecule has 0 unspecified atom stereocenters. The molecule has 3 aromatic rings. The van der Waals surface area contributed by atoms with Gasteiger partial charge in [-0.3, -0.25) is 4.79 Å². The molecule has 0 radical (unpaired) electrons. The van der Waals surface area contributed by atoms with Crippen LogP contribution in [0.4, 0.5) is 5.69 Å². The maximum atomic E-state index is 12.5. The van der Waals surface area contributed by atoms with Crippen molar-refractivity contribution < 1.29 is 9.53 Å². The predicted octanol–water partition coefficient (Wildman–Crippen LogP) is 5.66. The number of benzene rings is 3. The molecular formula is C23H20ClNO2. The van der Waals surface area contributed by atoms with Crippen molar-refractivity contribution in [2.24, 2.45) is 0 Å². The monoisotopic (exact) mass is 377 g/mol. The summed E-state index contributed by atoms with van der Waals surface area (Å²) >= 11 is 6.11. The lowest BCUT2D eigenvalue weighted by atomic mass is 10.1. The Morgan fingerprint density at radius 1 is 0.963 bits per heavy atom. The van der Waals surface area contributed by atoms with E-state index >= 15 is 0 Å². The number of carbonyl (C=O) groups excluding carboxylic acids is 1. The van der Waals surface area contributed by atoms with E-state index in [1.54, 1.807) is 18.2 Å². The molecule has 0 spiro atoms. The number of amides is 1. The molecule has 1 amide bonds. The van der Waals surface area contributed by atoms with Crippen LogP contribution in [-0.4, -0.2) is 5.91 Å². The van der Waals surface area contributed by atoms with Gasteiger partial charge < -0.3 is 10.1 Å². The van der Waals surface area contributed by atoms with Gasteiger partial charge in [-0.15, -0.1) is 0 Å². The van der Waals surface area contributed by atoms with Crippen LogP contribution in [0.5, 0.6) is 5.75 Å². The molecule has 3 aromatic carbocycles. The fraction of sp³-hybridized carbons (Fsp3) is 0.174. The van der Waals surface area contributed by atoms with E-state index in [4.69, 9.17) is 16.3 Å². The Kier molecular flexibility index (Phi) is 5.12. The summed E-state index contributed by atoms with van der Waals surface area (Å²) in [6, 6.07) is 21.0. The van der Waals surface area contributed by atoms with Crippen molar-refractivity contribution in [3.63, 3.8) is 0 Å². The van der Waals surface area contributed by atoms with Crippen molar-refractivity contribution in [1.29, 1.82) is 0 Å². The van der Waals surface area contributed by atoms with Crippen molar-refractivity contribution in [3.05, 3.63) is 94.0 Å². The number of fused-ring (bicyclic) bond motifs is 1. The van der Waals surface area contributed by atoms with Gasteiger partial charge in [0.15, 0.2) is 0 Å². The summed E-state index contributed by atoms with van der Waals surface area (Å²) in [6.07, 6.45) is 3.52. The number of ether oxygens (including phenoxy) is 1. The number of para-hydroxylation sites is 1. The first kappa shape index (κ1) is 17.6. The average molecular weight is 378 g/mol. The second kappa shape index (κ2) is 7.85. The van der Waals surface area contributed by atoms with Crippen LogP contribution in [0.2, 0.25) is 5.02 Å². The summed E-state index contributed by atoms with van der Waals surface area (Å²) in [5, 5.41) is 3.36.